The highest BCUT2D eigenvalue weighted by Crippen LogP contribution is 2.30. The number of nitrogens with one attached hydrogen (secondary N) is 16. The first-order valence-electron chi connectivity index (χ1n) is 44.7. The van der Waals surface area contributed by atoms with Gasteiger partial charge in [-0.25, -0.2) is 9.78 Å². The van der Waals surface area contributed by atoms with Crippen molar-refractivity contribution in [2.45, 2.75) is 232 Å². The molecule has 5 aliphatic heterocycles. The molecule has 5 aliphatic rings. The minimum atomic E-state index is -5.08. The Kier molecular flexibility index (Phi) is 42.3. The van der Waals surface area contributed by atoms with Gasteiger partial charge in [-0.3, -0.25) is 86.9 Å². The lowest BCUT2D eigenvalue weighted by atomic mass is 10.0. The highest BCUT2D eigenvalue weighted by Gasteiger charge is 2.47. The third kappa shape index (κ3) is 33.4. The number of carbonyl (C=O) groups excluding carboxylic acids is 17. The van der Waals surface area contributed by atoms with Gasteiger partial charge in [0.05, 0.1) is 12.9 Å². The molecule has 9 rings (SSSR count). The number of aromatic nitrogens is 2. The summed E-state index contributed by atoms with van der Waals surface area (Å²) in [7, 11) is 1.46. The molecule has 0 radical (unpaired) electrons. The van der Waals surface area contributed by atoms with Crippen LogP contribution in [0.5, 0.6) is 17.2 Å². The Hall–Kier alpha value is -13.6. The Bertz CT molecular complexity index is 4960. The molecule has 16 atom stereocenters. The Morgan fingerprint density at radius 2 is 0.812 bits per heavy atom. The van der Waals surface area contributed by atoms with Gasteiger partial charge in [0, 0.05) is 81.7 Å². The maximum Gasteiger partial charge on any atom is 0.490 e. The number of alkyl halides is 3. The summed E-state index contributed by atoms with van der Waals surface area (Å²) in [6.07, 6.45) is -4.14. The van der Waals surface area contributed by atoms with E-state index < -0.39 is 259 Å². The van der Waals surface area contributed by atoms with Crippen LogP contribution in [0.25, 0.3) is 0 Å². The second-order valence-corrected chi connectivity index (χ2v) is 36.1. The maximum absolute atomic E-state index is 15.7. The van der Waals surface area contributed by atoms with Crippen LogP contribution in [0.2, 0.25) is 0 Å². The van der Waals surface area contributed by atoms with Crippen molar-refractivity contribution in [1.82, 2.24) is 99.1 Å². The van der Waals surface area contributed by atoms with Crippen LogP contribution in [0.3, 0.4) is 0 Å². The van der Waals surface area contributed by atoms with E-state index in [0.717, 1.165) is 26.5 Å². The molecule has 16 unspecified atom stereocenters. The minimum Gasteiger partial charge on any atom is -0.508 e. The first kappa shape index (κ1) is 110. The number of unbranched alkanes of at least 4 members (excludes halogenated alkanes) is 1. The minimum absolute atomic E-state index is 0.00297. The van der Waals surface area contributed by atoms with Gasteiger partial charge in [-0.05, 0) is 163 Å². The zero-order valence-corrected chi connectivity index (χ0v) is 77.2. The lowest BCUT2D eigenvalue weighted by Crippen LogP contribution is -2.62. The number of carboxylic acid groups (broad SMARTS) is 1. The van der Waals surface area contributed by atoms with Crippen molar-refractivity contribution in [3.05, 3.63) is 108 Å². The number of aromatic hydroxyl groups is 3. The van der Waals surface area contributed by atoms with Crippen molar-refractivity contribution in [3.8, 4) is 17.2 Å². The van der Waals surface area contributed by atoms with Gasteiger partial charge in [0.1, 0.15) is 114 Å². The number of carboxylic acids is 1. The van der Waals surface area contributed by atoms with Crippen LogP contribution in [-0.2, 0) is 112 Å². The Morgan fingerprint density at radius 1 is 0.442 bits per heavy atom. The number of primary amides is 1. The maximum atomic E-state index is 15.7. The second kappa shape index (κ2) is 53.2. The molecular formula is C86H119F3N24O23S2. The molecule has 138 heavy (non-hydrogen) atoms. The van der Waals surface area contributed by atoms with Crippen molar-refractivity contribution in [3.63, 3.8) is 0 Å². The number of hydrogen-bond donors (Lipinski definition) is 25. The number of nitrogens with zero attached hydrogens (tertiary/aromatic N) is 4. The van der Waals surface area contributed by atoms with Crippen LogP contribution in [-0.4, -0.2) is 323 Å². The fourth-order valence-corrected chi connectivity index (χ4v) is 18.0. The van der Waals surface area contributed by atoms with E-state index in [1.165, 1.54) is 109 Å². The monoisotopic (exact) mass is 1980 g/mol. The molecule has 52 heteroatoms. The number of fused-ring (bicyclic) bond motifs is 8. The molecular weight excluding hydrogens is 1860 g/mol. The number of halogens is 3. The fraction of sp³-hybridized carbons (Fsp3) is 0.535. The SMILES string of the molecule is CC1NC(=O)C(Cc2cnc[nH]2)NC(=O)C(Cc2ccc(O)cc2)NC(=O)C2CCCN2C(=O)C2CCCN2C(=O)C(CCCCN)NC(=O)C(CCC(N)=O)NC(=O)C(Cc2ccc(O)cc2)NC(=O)C2CSSCC(NC1=O)C(=O)NC(CO)C(=O)NC(C)C(=O)N1CCCC1C(=O)NC(CCN)C(=O)NC(CCCNC(=N)N)C(=O)NC(Cc1ccc(O)cc1)C(=O)N2.O=C(O)C(F)(F)F. The highest BCUT2D eigenvalue weighted by atomic mass is 33.1. The smallest absolute Gasteiger partial charge is 0.490 e. The van der Waals surface area contributed by atoms with E-state index in [1.54, 1.807) is 0 Å². The van der Waals surface area contributed by atoms with Crippen molar-refractivity contribution >= 4 is 134 Å². The molecule has 47 nitrogen and oxygen atoms in total. The first-order chi connectivity index (χ1) is 65.6. The summed E-state index contributed by atoms with van der Waals surface area (Å²) in [5.41, 5.74) is 24.5. The normalized spacial score (nSPS) is 25.8. The van der Waals surface area contributed by atoms with Crippen molar-refractivity contribution in [2.24, 2.45) is 22.9 Å². The summed E-state index contributed by atoms with van der Waals surface area (Å²) < 4.78 is 31.7. The van der Waals surface area contributed by atoms with Crippen LogP contribution >= 0.6 is 21.6 Å². The van der Waals surface area contributed by atoms with E-state index in [2.05, 4.69) is 84.4 Å². The lowest BCUT2D eigenvalue weighted by Gasteiger charge is -2.34. The van der Waals surface area contributed by atoms with Gasteiger partial charge >= 0.3 is 12.1 Å². The van der Waals surface area contributed by atoms with E-state index in [-0.39, 0.29) is 157 Å². The predicted octanol–water partition coefficient (Wildman–Crippen LogP) is -5.85. The van der Waals surface area contributed by atoms with Crippen LogP contribution in [0.4, 0.5) is 13.2 Å². The number of aromatic amines is 1. The van der Waals surface area contributed by atoms with Gasteiger partial charge < -0.3 is 143 Å². The molecule has 0 spiro atoms. The Balaban J connectivity index is 0.00000321. The van der Waals surface area contributed by atoms with E-state index in [9.17, 15) is 72.0 Å². The topological polar surface area (TPSA) is 743 Å². The van der Waals surface area contributed by atoms with Gasteiger partial charge in [0.25, 0.3) is 0 Å². The van der Waals surface area contributed by atoms with Gasteiger partial charge in [-0.15, -0.1) is 0 Å². The summed E-state index contributed by atoms with van der Waals surface area (Å²) in [5, 5.41) is 93.6. The average molecular weight is 1980 g/mol. The molecule has 6 heterocycles. The number of phenols is 3. The number of phenolic OH excluding ortho intramolecular Hbond substituents is 3. The third-order valence-electron chi connectivity index (χ3n) is 23.1. The number of carbonyl (C=O) groups is 18. The van der Waals surface area contributed by atoms with Crippen molar-refractivity contribution in [1.29, 1.82) is 5.41 Å². The van der Waals surface area contributed by atoms with E-state index >= 15 is 43.2 Å². The van der Waals surface area contributed by atoms with Crippen molar-refractivity contribution < 1.29 is 125 Å². The molecule has 4 aromatic rings. The number of rotatable bonds is 22. The van der Waals surface area contributed by atoms with Gasteiger partial charge in [0.2, 0.25) is 100 Å². The number of aliphatic carboxylic acids is 1. The summed E-state index contributed by atoms with van der Waals surface area (Å²) in [6.45, 7) is 1.15. The summed E-state index contributed by atoms with van der Waals surface area (Å²) in [6, 6.07) is -9.41. The van der Waals surface area contributed by atoms with Gasteiger partial charge in [-0.1, -0.05) is 58.0 Å². The second-order valence-electron chi connectivity index (χ2n) is 33.5. The summed E-state index contributed by atoms with van der Waals surface area (Å²) in [5.74, 6) is -21.8. The number of benzene rings is 3. The molecule has 0 saturated carbocycles. The third-order valence-corrected chi connectivity index (χ3v) is 25.5. The zero-order valence-electron chi connectivity index (χ0n) is 75.5. The molecule has 29 N–H and O–H groups in total. The predicted molar refractivity (Wildman–Crippen MR) is 488 cm³/mol. The lowest BCUT2D eigenvalue weighted by molar-refractivity contribution is -0.192. The number of aliphatic hydroxyl groups is 1. The van der Waals surface area contributed by atoms with E-state index in [0.29, 0.717) is 12.0 Å². The molecule has 3 aromatic carbocycles. The zero-order chi connectivity index (χ0) is 101. The molecule has 754 valence electrons. The number of aliphatic hydroxyl groups excluding tert-OH is 1. The Morgan fingerprint density at radius 3 is 1.26 bits per heavy atom. The van der Waals surface area contributed by atoms with E-state index in [4.69, 9.17) is 38.2 Å². The summed E-state index contributed by atoms with van der Waals surface area (Å²) >= 11 is 0. The highest BCUT2D eigenvalue weighted by molar-refractivity contribution is 8.76. The molecule has 17 amide bonds. The first-order valence-corrected chi connectivity index (χ1v) is 47.1. The van der Waals surface area contributed by atoms with Crippen molar-refractivity contribution in [2.75, 3.05) is 57.4 Å². The number of hydrogen-bond acceptors (Lipinski definition) is 28. The number of guanidine groups is 1. The standard InChI is InChI=1S/C84H118N24O21S2.C2HF3O2/c1-44-68(114)104-62-41-130-131-42-63(105-75(121)58(36-47-16-22-51(111)23-17-47)99-69(115)53(10-5-31-91-84(88)89)95-71(117)55(28-30-86)97-79(125)64-11-6-32-106(64)81(127)45(2)94-76(122)61(40-109)103-78(62)124)77(123)100-57(35-46-14-20-50(110)21-15-46)73(119)96-54(26-27-67(87)113)70(116)98-56(9-3-4-29-85)82(128)108-34-8-13-66(108)83(129)107-33-7-12-65(107)80(126)102-59(37-48-18-24-52(112)25-19-48)74(120)101-60(72(118)93-44)38-49-39-90-43-92-49;3-2(4,5)1(6)7/h14-25,39,43-45,53-66,109-112H,3-13,26-38,40-42,85-86H2,1-2H3,(H2,87,113)(H,90,92)(H,93,118)(H,94,122)(H,95,117)(H,96,119)(H,97,125)(H,98,116)(H,99,115)(H,100,123)(H,101,120)(H,102,126)(H,103,124)(H,104,114)(H,105,121)(H4,88,89,91);(H,6,7). The van der Waals surface area contributed by atoms with Crippen LogP contribution in [0, 0.1) is 5.41 Å². The average Bonchev–Trinajstić information content (AvgIpc) is 1.64. The fourth-order valence-electron chi connectivity index (χ4n) is 15.7. The van der Waals surface area contributed by atoms with E-state index in [1.807, 2.05) is 0 Å². The molecule has 0 aliphatic carbocycles. The van der Waals surface area contributed by atoms with Crippen LogP contribution in [0.15, 0.2) is 85.3 Å². The van der Waals surface area contributed by atoms with Gasteiger partial charge in [-0.2, -0.15) is 13.2 Å². The molecule has 5 saturated heterocycles. The number of amides is 17. The Labute approximate surface area is 797 Å². The molecule has 5 fully saturated rings. The van der Waals surface area contributed by atoms with Gasteiger partial charge in [0.15, 0.2) is 5.96 Å². The molecule has 2 bridgehead atoms. The molecule has 1 aromatic heterocycles. The quantitative estimate of drug-likeness (QED) is 0.0151. The largest absolute Gasteiger partial charge is 0.508 e. The van der Waals surface area contributed by atoms with Crippen LogP contribution < -0.4 is 97.4 Å². The van der Waals surface area contributed by atoms with Crippen LogP contribution in [0.1, 0.15) is 126 Å². The number of H-pyrrole nitrogens is 1. The number of imidazole rings is 1. The number of nitrogens with two attached hydrogens (primary N) is 4. The summed E-state index contributed by atoms with van der Waals surface area (Å²) in [4.78, 5) is 273.